The highest BCUT2D eigenvalue weighted by Gasteiger charge is 2.18. The van der Waals surface area contributed by atoms with Crippen LogP contribution in [0.15, 0.2) is 42.5 Å². The molecule has 0 bridgehead atoms. The molecule has 7 heteroatoms. The van der Waals surface area contributed by atoms with Crippen LogP contribution >= 0.6 is 23.5 Å². The smallest absolute Gasteiger partial charge is 0.274 e. The second kappa shape index (κ2) is 7.93. The summed E-state index contributed by atoms with van der Waals surface area (Å²) in [5.74, 6) is 2.08. The summed E-state index contributed by atoms with van der Waals surface area (Å²) in [6.45, 7) is 1.63. The van der Waals surface area contributed by atoms with Crippen molar-refractivity contribution in [1.82, 2.24) is 0 Å². The lowest BCUT2D eigenvalue weighted by Crippen LogP contribution is -2.13. The highest BCUT2D eigenvalue weighted by molar-refractivity contribution is 8.16. The summed E-state index contributed by atoms with van der Waals surface area (Å²) in [7, 11) is 0. The van der Waals surface area contributed by atoms with Gasteiger partial charge in [0.05, 0.1) is 20.8 Å². The summed E-state index contributed by atoms with van der Waals surface area (Å²) < 4.78 is 0.435. The lowest BCUT2D eigenvalue weighted by molar-refractivity contribution is -0.385. The molecule has 0 atom stereocenters. The second-order valence-corrected chi connectivity index (χ2v) is 8.43. The molecule has 0 radical (unpaired) electrons. The average Bonchev–Trinajstić information content (AvgIpc) is 2.64. The Morgan fingerprint density at radius 2 is 1.84 bits per heavy atom. The van der Waals surface area contributed by atoms with E-state index >= 15 is 0 Å². The lowest BCUT2D eigenvalue weighted by atomic mass is 10.1. The lowest BCUT2D eigenvalue weighted by Gasteiger charge is -2.21. The van der Waals surface area contributed by atoms with E-state index in [0.717, 1.165) is 0 Å². The van der Waals surface area contributed by atoms with E-state index in [4.69, 9.17) is 0 Å². The number of anilines is 1. The topological polar surface area (TPSA) is 72.2 Å². The largest absolute Gasteiger partial charge is 0.321 e. The Morgan fingerprint density at radius 3 is 2.48 bits per heavy atom. The normalized spacial score (nSPS) is 14.9. The van der Waals surface area contributed by atoms with Gasteiger partial charge in [-0.25, -0.2) is 0 Å². The van der Waals surface area contributed by atoms with E-state index in [9.17, 15) is 14.9 Å². The molecular formula is C18H18N2O3S2. The number of carbonyl (C=O) groups is 1. The molecule has 1 heterocycles. The Labute approximate surface area is 154 Å². The van der Waals surface area contributed by atoms with Crippen LogP contribution in [0.4, 0.5) is 11.4 Å². The van der Waals surface area contributed by atoms with Crippen molar-refractivity contribution < 1.29 is 9.72 Å². The highest BCUT2D eigenvalue weighted by Crippen LogP contribution is 2.43. The Hall–Kier alpha value is -1.99. The van der Waals surface area contributed by atoms with E-state index in [1.54, 1.807) is 19.1 Å². The summed E-state index contributed by atoms with van der Waals surface area (Å²) in [6.07, 6.45) is 1.24. The number of rotatable bonds is 4. The monoisotopic (exact) mass is 374 g/mol. The van der Waals surface area contributed by atoms with E-state index in [1.807, 2.05) is 47.8 Å². The SMILES string of the molecule is Cc1c(NC(=O)c2ccc(C3SCCCS3)cc2)cccc1[N+](=O)[O-]. The van der Waals surface area contributed by atoms with Crippen LogP contribution in [0, 0.1) is 17.0 Å². The fraction of sp³-hybridized carbons (Fsp3) is 0.278. The number of benzene rings is 2. The molecule has 25 heavy (non-hydrogen) atoms. The van der Waals surface area contributed by atoms with Crippen LogP contribution < -0.4 is 5.32 Å². The van der Waals surface area contributed by atoms with Crippen molar-refractivity contribution in [2.75, 3.05) is 16.8 Å². The Bertz CT molecular complexity index is 787. The zero-order chi connectivity index (χ0) is 17.8. The minimum absolute atomic E-state index is 0.000467. The second-order valence-electron chi connectivity index (χ2n) is 5.71. The van der Waals surface area contributed by atoms with Crippen molar-refractivity contribution in [3.8, 4) is 0 Å². The molecule has 5 nitrogen and oxygen atoms in total. The van der Waals surface area contributed by atoms with Crippen molar-refractivity contribution in [2.24, 2.45) is 0 Å². The zero-order valence-electron chi connectivity index (χ0n) is 13.7. The third-order valence-corrected chi connectivity index (χ3v) is 7.04. The van der Waals surface area contributed by atoms with Crippen molar-refractivity contribution in [3.63, 3.8) is 0 Å². The number of nitro benzene ring substituents is 1. The maximum Gasteiger partial charge on any atom is 0.274 e. The third kappa shape index (κ3) is 4.16. The van der Waals surface area contributed by atoms with Crippen molar-refractivity contribution in [2.45, 2.75) is 17.9 Å². The van der Waals surface area contributed by atoms with Crippen molar-refractivity contribution in [3.05, 3.63) is 69.3 Å². The number of thioether (sulfide) groups is 2. The Morgan fingerprint density at radius 1 is 1.16 bits per heavy atom. The molecule has 0 aromatic heterocycles. The van der Waals surface area contributed by atoms with Crippen LogP contribution in [0.5, 0.6) is 0 Å². The van der Waals surface area contributed by atoms with E-state index in [-0.39, 0.29) is 11.6 Å². The minimum atomic E-state index is -0.445. The molecule has 1 saturated heterocycles. The fourth-order valence-corrected chi connectivity index (χ4v) is 5.52. The molecule has 2 aromatic carbocycles. The highest BCUT2D eigenvalue weighted by atomic mass is 32.2. The number of hydrogen-bond acceptors (Lipinski definition) is 5. The van der Waals surface area contributed by atoms with Crippen molar-refractivity contribution in [1.29, 1.82) is 0 Å². The predicted octanol–water partition coefficient (Wildman–Crippen LogP) is 5.02. The molecule has 130 valence electrons. The summed E-state index contributed by atoms with van der Waals surface area (Å²) in [6, 6.07) is 12.3. The molecule has 1 fully saturated rings. The van der Waals surface area contributed by atoms with Crippen molar-refractivity contribution >= 4 is 40.8 Å². The van der Waals surface area contributed by atoms with Gasteiger partial charge in [0, 0.05) is 11.6 Å². The van der Waals surface area contributed by atoms with E-state index in [1.165, 1.54) is 29.6 Å². The summed E-state index contributed by atoms with van der Waals surface area (Å²) in [5.41, 5.74) is 2.67. The Balaban J connectivity index is 1.73. The van der Waals surface area contributed by atoms with Gasteiger partial charge in [0.25, 0.3) is 11.6 Å². The summed E-state index contributed by atoms with van der Waals surface area (Å²) in [5, 5.41) is 13.8. The van der Waals surface area contributed by atoms with Gasteiger partial charge in [-0.05, 0) is 48.6 Å². The van der Waals surface area contributed by atoms with Gasteiger partial charge in [-0.3, -0.25) is 14.9 Å². The molecule has 2 aromatic rings. The molecule has 1 aliphatic rings. The first-order valence-corrected chi connectivity index (χ1v) is 10.0. The molecule has 3 rings (SSSR count). The van der Waals surface area contributed by atoms with E-state index < -0.39 is 4.92 Å². The zero-order valence-corrected chi connectivity index (χ0v) is 15.4. The number of hydrogen-bond donors (Lipinski definition) is 1. The van der Waals surface area contributed by atoms with E-state index in [0.29, 0.717) is 21.4 Å². The van der Waals surface area contributed by atoms with E-state index in [2.05, 4.69) is 5.32 Å². The predicted molar refractivity (Wildman–Crippen MR) is 105 cm³/mol. The number of nitrogens with one attached hydrogen (secondary N) is 1. The molecule has 0 unspecified atom stereocenters. The van der Waals surface area contributed by atoms with Gasteiger partial charge in [0.1, 0.15) is 0 Å². The van der Waals surface area contributed by atoms with Gasteiger partial charge in [0.2, 0.25) is 0 Å². The number of nitro groups is 1. The van der Waals surface area contributed by atoms with Crippen LogP contribution in [0.3, 0.4) is 0 Å². The summed E-state index contributed by atoms with van der Waals surface area (Å²) >= 11 is 3.88. The first-order valence-electron chi connectivity index (χ1n) is 7.95. The molecule has 1 aliphatic heterocycles. The third-order valence-electron chi connectivity index (χ3n) is 4.02. The average molecular weight is 374 g/mol. The first-order chi connectivity index (χ1) is 12.1. The van der Waals surface area contributed by atoms with Gasteiger partial charge in [-0.2, -0.15) is 0 Å². The van der Waals surface area contributed by atoms with Crippen LogP contribution in [0.2, 0.25) is 0 Å². The molecule has 0 saturated carbocycles. The molecule has 1 amide bonds. The van der Waals surface area contributed by atoms with Crippen LogP contribution in [0.25, 0.3) is 0 Å². The standard InChI is InChI=1S/C18H18N2O3S2/c1-12-15(4-2-5-16(12)20(22)23)19-17(21)13-6-8-14(9-7-13)18-24-10-3-11-25-18/h2,4-9,18H,3,10-11H2,1H3,(H,19,21). The maximum atomic E-state index is 12.4. The van der Waals surface area contributed by atoms with Crippen LogP contribution in [0.1, 0.15) is 32.5 Å². The summed E-state index contributed by atoms with van der Waals surface area (Å²) in [4.78, 5) is 23.0. The van der Waals surface area contributed by atoms with Gasteiger partial charge >= 0.3 is 0 Å². The van der Waals surface area contributed by atoms with Crippen LogP contribution in [-0.4, -0.2) is 22.3 Å². The van der Waals surface area contributed by atoms with Gasteiger partial charge in [-0.15, -0.1) is 23.5 Å². The quantitative estimate of drug-likeness (QED) is 0.601. The van der Waals surface area contributed by atoms with Gasteiger partial charge in [-0.1, -0.05) is 18.2 Å². The minimum Gasteiger partial charge on any atom is -0.321 e. The Kier molecular flexibility index (Phi) is 5.65. The molecule has 1 N–H and O–H groups in total. The van der Waals surface area contributed by atoms with Gasteiger partial charge in [0.15, 0.2) is 0 Å². The molecular weight excluding hydrogens is 356 g/mol. The molecule has 0 spiro atoms. The number of carbonyl (C=O) groups excluding carboxylic acids is 1. The maximum absolute atomic E-state index is 12.4. The number of nitrogens with zero attached hydrogens (tertiary/aromatic N) is 1. The molecule has 0 aliphatic carbocycles. The van der Waals surface area contributed by atoms with Crippen LogP contribution in [-0.2, 0) is 0 Å². The number of amides is 1. The fourth-order valence-electron chi connectivity index (χ4n) is 2.62. The van der Waals surface area contributed by atoms with Gasteiger partial charge < -0.3 is 5.32 Å². The first kappa shape index (κ1) is 17.8.